The zero-order chi connectivity index (χ0) is 15.0. The number of nitrogens with zero attached hydrogens (tertiary/aromatic N) is 4. The number of pyridine rings is 1. The van der Waals surface area contributed by atoms with Crippen molar-refractivity contribution in [1.29, 1.82) is 0 Å². The Morgan fingerprint density at radius 2 is 1.79 bits per heavy atom. The van der Waals surface area contributed by atoms with E-state index in [1.807, 2.05) is 27.7 Å². The fourth-order valence-electron chi connectivity index (χ4n) is 1.23. The summed E-state index contributed by atoms with van der Waals surface area (Å²) in [6.07, 6.45) is 0. The van der Waals surface area contributed by atoms with Crippen LogP contribution in [0.1, 0.15) is 34.8 Å². The normalized spacial score (nSPS) is 8.95. The summed E-state index contributed by atoms with van der Waals surface area (Å²) < 4.78 is 1.47. The highest BCUT2D eigenvalue weighted by Gasteiger charge is 2.11. The molecule has 0 unspecified atom stereocenters. The first-order valence-corrected chi connectivity index (χ1v) is 6.41. The van der Waals surface area contributed by atoms with Crippen LogP contribution in [0.15, 0.2) is 12.1 Å². The molecular weight excluding hydrogens is 242 g/mol. The third kappa shape index (κ3) is 3.94. The molecule has 0 bridgehead atoms. The predicted molar refractivity (Wildman–Crippen MR) is 79.9 cm³/mol. The van der Waals surface area contributed by atoms with Gasteiger partial charge in [0.25, 0.3) is 0 Å². The molecule has 6 heteroatoms. The van der Waals surface area contributed by atoms with Crippen LogP contribution in [-0.2, 0) is 7.05 Å². The molecule has 0 atom stereocenters. The van der Waals surface area contributed by atoms with Crippen molar-refractivity contribution in [2.75, 3.05) is 5.73 Å². The SMILES string of the molecule is CC.CC.Cc1nc(-c2nnn(C)c2N)ccc1O.[HH]. The fourth-order valence-corrected chi connectivity index (χ4v) is 1.23. The number of nitrogens with two attached hydrogens (primary N) is 1. The molecule has 0 spiro atoms. The van der Waals surface area contributed by atoms with E-state index >= 15 is 0 Å². The van der Waals surface area contributed by atoms with Crippen molar-refractivity contribution in [3.8, 4) is 17.1 Å². The Bertz CT molecular complexity index is 513. The Hall–Kier alpha value is -2.11. The molecule has 6 nitrogen and oxygen atoms in total. The maximum absolute atomic E-state index is 9.33. The van der Waals surface area contributed by atoms with E-state index in [4.69, 9.17) is 5.73 Å². The quantitative estimate of drug-likeness (QED) is 0.829. The van der Waals surface area contributed by atoms with E-state index in [0.717, 1.165) is 0 Å². The van der Waals surface area contributed by atoms with E-state index in [2.05, 4.69) is 15.3 Å². The lowest BCUT2D eigenvalue weighted by Crippen LogP contribution is -1.98. The van der Waals surface area contributed by atoms with Gasteiger partial charge in [0.1, 0.15) is 5.75 Å². The van der Waals surface area contributed by atoms with E-state index in [1.165, 1.54) is 4.68 Å². The topological polar surface area (TPSA) is 89.9 Å². The molecule has 0 radical (unpaired) electrons. The van der Waals surface area contributed by atoms with Crippen LogP contribution in [0.2, 0.25) is 0 Å². The first kappa shape index (κ1) is 16.9. The van der Waals surface area contributed by atoms with Gasteiger partial charge in [-0.25, -0.2) is 9.67 Å². The van der Waals surface area contributed by atoms with Crippen LogP contribution in [0.3, 0.4) is 0 Å². The summed E-state index contributed by atoms with van der Waals surface area (Å²) in [6, 6.07) is 3.22. The second-order valence-corrected chi connectivity index (χ2v) is 3.25. The summed E-state index contributed by atoms with van der Waals surface area (Å²) in [6.45, 7) is 9.71. The van der Waals surface area contributed by atoms with Crippen LogP contribution in [0.25, 0.3) is 11.4 Å². The van der Waals surface area contributed by atoms with Crippen LogP contribution in [0.4, 0.5) is 5.82 Å². The fraction of sp³-hybridized carbons (Fsp3) is 0.462. The monoisotopic (exact) mass is 267 g/mol. The second-order valence-electron chi connectivity index (χ2n) is 3.25. The highest BCUT2D eigenvalue weighted by atomic mass is 16.3. The molecule has 19 heavy (non-hydrogen) atoms. The van der Waals surface area contributed by atoms with Gasteiger partial charge in [-0.15, -0.1) is 5.10 Å². The molecule has 2 aromatic heterocycles. The third-order valence-corrected chi connectivity index (χ3v) is 2.17. The highest BCUT2D eigenvalue weighted by molar-refractivity contribution is 5.66. The third-order valence-electron chi connectivity index (χ3n) is 2.17. The summed E-state index contributed by atoms with van der Waals surface area (Å²) in [5, 5.41) is 17.0. The van der Waals surface area contributed by atoms with Crippen LogP contribution in [0, 0.1) is 6.92 Å². The number of nitrogen functional groups attached to an aromatic ring is 1. The standard InChI is InChI=1S/C9H11N5O.2C2H6.H2/c1-5-7(15)4-3-6(11-5)8-9(10)14(2)13-12-8;2*1-2;/h3-4,15H,10H2,1-2H3;2*1-2H3;1H. The molecular formula is C13H25N5O. The molecule has 2 heterocycles. The minimum Gasteiger partial charge on any atom is -0.506 e. The first-order valence-electron chi connectivity index (χ1n) is 6.41. The molecule has 0 aliphatic heterocycles. The molecule has 0 amide bonds. The first-order chi connectivity index (χ1) is 9.09. The number of aromatic nitrogens is 4. The molecule has 2 aromatic rings. The molecule has 108 valence electrons. The number of hydrogen-bond acceptors (Lipinski definition) is 5. The van der Waals surface area contributed by atoms with Gasteiger partial charge in [0.15, 0.2) is 11.5 Å². The van der Waals surface area contributed by atoms with E-state index in [1.54, 1.807) is 26.1 Å². The second kappa shape index (κ2) is 8.07. The van der Waals surface area contributed by atoms with Crippen LogP contribution < -0.4 is 5.73 Å². The summed E-state index contributed by atoms with van der Waals surface area (Å²) in [4.78, 5) is 4.17. The molecule has 0 saturated heterocycles. The molecule has 0 aromatic carbocycles. The summed E-state index contributed by atoms with van der Waals surface area (Å²) in [5.41, 5.74) is 7.43. The summed E-state index contributed by atoms with van der Waals surface area (Å²) in [7, 11) is 1.71. The van der Waals surface area contributed by atoms with Gasteiger partial charge in [-0.05, 0) is 19.1 Å². The number of anilines is 1. The van der Waals surface area contributed by atoms with Crippen molar-refractivity contribution < 1.29 is 6.53 Å². The van der Waals surface area contributed by atoms with Gasteiger partial charge in [0.2, 0.25) is 0 Å². The molecule has 2 rings (SSSR count). The summed E-state index contributed by atoms with van der Waals surface area (Å²) >= 11 is 0. The lowest BCUT2D eigenvalue weighted by molar-refractivity contribution is 0.468. The molecule has 0 saturated carbocycles. The number of hydrogen-bond donors (Lipinski definition) is 2. The number of rotatable bonds is 1. The van der Waals surface area contributed by atoms with Gasteiger partial charge in [-0.1, -0.05) is 32.9 Å². The van der Waals surface area contributed by atoms with Crippen molar-refractivity contribution in [3.63, 3.8) is 0 Å². The zero-order valence-electron chi connectivity index (χ0n) is 12.5. The minimum absolute atomic E-state index is 0. The number of aryl methyl sites for hydroxylation is 2. The molecule has 0 aliphatic carbocycles. The highest BCUT2D eigenvalue weighted by Crippen LogP contribution is 2.23. The lowest BCUT2D eigenvalue weighted by Gasteiger charge is -2.01. The predicted octanol–water partition coefficient (Wildman–Crippen LogP) is 2.77. The van der Waals surface area contributed by atoms with Gasteiger partial charge >= 0.3 is 0 Å². The van der Waals surface area contributed by atoms with Crippen molar-refractivity contribution in [2.45, 2.75) is 34.6 Å². The van der Waals surface area contributed by atoms with Gasteiger partial charge in [0, 0.05) is 8.47 Å². The maximum Gasteiger partial charge on any atom is 0.155 e. The van der Waals surface area contributed by atoms with E-state index in [0.29, 0.717) is 22.9 Å². The van der Waals surface area contributed by atoms with Crippen molar-refractivity contribution in [2.24, 2.45) is 7.05 Å². The van der Waals surface area contributed by atoms with Gasteiger partial charge < -0.3 is 10.8 Å². The van der Waals surface area contributed by atoms with Crippen LogP contribution in [-0.4, -0.2) is 25.1 Å². The molecule has 0 fully saturated rings. The van der Waals surface area contributed by atoms with Crippen molar-refractivity contribution >= 4 is 5.82 Å². The van der Waals surface area contributed by atoms with Crippen molar-refractivity contribution in [1.82, 2.24) is 20.0 Å². The Balaban J connectivity index is 0. The van der Waals surface area contributed by atoms with Crippen molar-refractivity contribution in [3.05, 3.63) is 17.8 Å². The maximum atomic E-state index is 9.33. The average molecular weight is 267 g/mol. The van der Waals surface area contributed by atoms with Gasteiger partial charge in [-0.2, -0.15) is 0 Å². The Morgan fingerprint density at radius 3 is 2.21 bits per heavy atom. The Kier molecular flexibility index (Phi) is 7.18. The average Bonchev–Trinajstić information content (AvgIpc) is 2.78. The van der Waals surface area contributed by atoms with E-state index in [-0.39, 0.29) is 7.18 Å². The lowest BCUT2D eigenvalue weighted by atomic mass is 10.2. The number of aromatic hydroxyl groups is 1. The minimum atomic E-state index is 0. The molecule has 3 N–H and O–H groups in total. The van der Waals surface area contributed by atoms with Gasteiger partial charge in [0.05, 0.1) is 11.4 Å². The van der Waals surface area contributed by atoms with E-state index in [9.17, 15) is 5.11 Å². The Labute approximate surface area is 115 Å². The van der Waals surface area contributed by atoms with Crippen LogP contribution >= 0.6 is 0 Å². The summed E-state index contributed by atoms with van der Waals surface area (Å²) in [5.74, 6) is 0.605. The Morgan fingerprint density at radius 1 is 1.21 bits per heavy atom. The van der Waals surface area contributed by atoms with E-state index < -0.39 is 0 Å². The smallest absolute Gasteiger partial charge is 0.155 e. The van der Waals surface area contributed by atoms with Crippen LogP contribution in [0.5, 0.6) is 5.75 Å². The van der Waals surface area contributed by atoms with Gasteiger partial charge in [-0.3, -0.25) is 0 Å². The molecule has 0 aliphatic rings. The zero-order valence-corrected chi connectivity index (χ0v) is 12.5. The largest absolute Gasteiger partial charge is 0.506 e.